The van der Waals surface area contributed by atoms with Crippen LogP contribution in [0, 0.1) is 0 Å². The predicted molar refractivity (Wildman–Crippen MR) is 98.6 cm³/mol. The van der Waals surface area contributed by atoms with Crippen molar-refractivity contribution in [3.05, 3.63) is 65.2 Å². The van der Waals surface area contributed by atoms with Gasteiger partial charge in [-0.2, -0.15) is 0 Å². The Kier molecular flexibility index (Phi) is 6.18. The maximum Gasteiger partial charge on any atom is 0.193 e. The van der Waals surface area contributed by atoms with Crippen molar-refractivity contribution in [2.45, 2.75) is 26.4 Å². The van der Waals surface area contributed by atoms with Crippen molar-refractivity contribution in [3.8, 4) is 0 Å². The third-order valence-electron chi connectivity index (χ3n) is 3.53. The van der Waals surface area contributed by atoms with Gasteiger partial charge >= 0.3 is 0 Å². The summed E-state index contributed by atoms with van der Waals surface area (Å²) in [7, 11) is 4.13. The average Bonchev–Trinajstić information content (AvgIpc) is 2.53. The standard InChI is InChI=1S/C19H26N4/c1-4-15-7-6-10-18(12-15)22-19(20)21-13-16-8-5-9-17(11-16)14-23(2)3/h5-12H,4,13-14H2,1-3H3,(H3,20,21,22). The first-order valence-corrected chi connectivity index (χ1v) is 7.95. The number of hydrogen-bond donors (Lipinski definition) is 2. The second kappa shape index (κ2) is 8.34. The Hall–Kier alpha value is -2.33. The molecule has 0 spiro atoms. The number of anilines is 1. The van der Waals surface area contributed by atoms with Crippen LogP contribution in [0.3, 0.4) is 0 Å². The lowest BCUT2D eigenvalue weighted by Gasteiger charge is -2.10. The summed E-state index contributed by atoms with van der Waals surface area (Å²) in [4.78, 5) is 6.59. The minimum absolute atomic E-state index is 0.441. The van der Waals surface area contributed by atoms with E-state index in [-0.39, 0.29) is 0 Å². The van der Waals surface area contributed by atoms with Crippen molar-refractivity contribution in [1.29, 1.82) is 0 Å². The van der Waals surface area contributed by atoms with E-state index in [1.165, 1.54) is 11.1 Å². The zero-order valence-electron chi connectivity index (χ0n) is 14.2. The number of aliphatic imine (C=N–C) groups is 1. The second-order valence-corrected chi connectivity index (χ2v) is 5.94. The predicted octanol–water partition coefficient (Wildman–Crippen LogP) is 3.24. The molecule has 0 bridgehead atoms. The van der Waals surface area contributed by atoms with E-state index >= 15 is 0 Å². The molecule has 4 nitrogen and oxygen atoms in total. The molecule has 23 heavy (non-hydrogen) atoms. The van der Waals surface area contributed by atoms with Gasteiger partial charge in [-0.25, -0.2) is 4.99 Å². The highest BCUT2D eigenvalue weighted by Crippen LogP contribution is 2.11. The lowest BCUT2D eigenvalue weighted by atomic mass is 10.1. The van der Waals surface area contributed by atoms with Gasteiger partial charge in [0.15, 0.2) is 5.96 Å². The van der Waals surface area contributed by atoms with Gasteiger partial charge in [0.1, 0.15) is 0 Å². The number of rotatable bonds is 6. The largest absolute Gasteiger partial charge is 0.370 e. The first-order chi connectivity index (χ1) is 11.1. The molecule has 0 aromatic heterocycles. The Morgan fingerprint density at radius 3 is 2.48 bits per heavy atom. The minimum atomic E-state index is 0.441. The van der Waals surface area contributed by atoms with Gasteiger partial charge in [0.05, 0.1) is 6.54 Å². The molecule has 0 atom stereocenters. The molecule has 0 saturated carbocycles. The van der Waals surface area contributed by atoms with Crippen LogP contribution in [0.4, 0.5) is 5.69 Å². The molecule has 0 fully saturated rings. The molecule has 0 saturated heterocycles. The molecule has 4 heteroatoms. The lowest BCUT2D eigenvalue weighted by molar-refractivity contribution is 0.402. The molecule has 0 aliphatic carbocycles. The number of nitrogens with two attached hydrogens (primary N) is 1. The van der Waals surface area contributed by atoms with Crippen molar-refractivity contribution in [2.24, 2.45) is 10.7 Å². The number of guanidine groups is 1. The van der Waals surface area contributed by atoms with Gasteiger partial charge in [0.25, 0.3) is 0 Å². The van der Waals surface area contributed by atoms with Crippen LogP contribution >= 0.6 is 0 Å². The molecule has 0 unspecified atom stereocenters. The van der Waals surface area contributed by atoms with Crippen molar-refractivity contribution in [1.82, 2.24) is 4.90 Å². The molecular formula is C19H26N4. The number of benzene rings is 2. The maximum absolute atomic E-state index is 5.99. The number of aryl methyl sites for hydroxylation is 1. The molecule has 0 aliphatic rings. The van der Waals surface area contributed by atoms with Crippen molar-refractivity contribution >= 4 is 11.6 Å². The molecule has 122 valence electrons. The highest BCUT2D eigenvalue weighted by Gasteiger charge is 1.99. The molecule has 2 aromatic rings. The van der Waals surface area contributed by atoms with Gasteiger partial charge in [0.2, 0.25) is 0 Å². The Labute approximate surface area is 139 Å². The van der Waals surface area contributed by atoms with E-state index in [4.69, 9.17) is 5.73 Å². The summed E-state index contributed by atoms with van der Waals surface area (Å²) in [5.74, 6) is 0.441. The van der Waals surface area contributed by atoms with Gasteiger partial charge in [-0.1, -0.05) is 43.3 Å². The molecule has 2 rings (SSSR count). The summed E-state index contributed by atoms with van der Waals surface area (Å²) in [6.45, 7) is 3.64. The zero-order chi connectivity index (χ0) is 16.7. The van der Waals surface area contributed by atoms with Crippen LogP contribution in [-0.4, -0.2) is 25.0 Å². The number of hydrogen-bond acceptors (Lipinski definition) is 2. The smallest absolute Gasteiger partial charge is 0.193 e. The summed E-state index contributed by atoms with van der Waals surface area (Å²) in [6, 6.07) is 16.7. The SMILES string of the molecule is CCc1cccc(NC(N)=NCc2cccc(CN(C)C)c2)c1. The van der Waals surface area contributed by atoms with Crippen LogP contribution < -0.4 is 11.1 Å². The van der Waals surface area contributed by atoms with E-state index in [1.54, 1.807) is 0 Å². The molecular weight excluding hydrogens is 284 g/mol. The summed E-state index contributed by atoms with van der Waals surface area (Å²) in [5.41, 5.74) is 10.7. The van der Waals surface area contributed by atoms with Crippen LogP contribution in [0.2, 0.25) is 0 Å². The van der Waals surface area contributed by atoms with Gasteiger partial charge in [-0.05, 0) is 49.3 Å². The molecule has 3 N–H and O–H groups in total. The third-order valence-corrected chi connectivity index (χ3v) is 3.53. The van der Waals surface area contributed by atoms with E-state index < -0.39 is 0 Å². The summed E-state index contributed by atoms with van der Waals surface area (Å²) in [6.07, 6.45) is 1.01. The van der Waals surface area contributed by atoms with Crippen LogP contribution in [0.25, 0.3) is 0 Å². The fraction of sp³-hybridized carbons (Fsp3) is 0.316. The quantitative estimate of drug-likeness (QED) is 0.636. The van der Waals surface area contributed by atoms with Gasteiger partial charge in [-0.3, -0.25) is 0 Å². The Morgan fingerprint density at radius 1 is 1.04 bits per heavy atom. The van der Waals surface area contributed by atoms with Gasteiger partial charge in [0, 0.05) is 12.2 Å². The van der Waals surface area contributed by atoms with Crippen molar-refractivity contribution < 1.29 is 0 Å². The van der Waals surface area contributed by atoms with Crippen molar-refractivity contribution in [3.63, 3.8) is 0 Å². The molecule has 0 radical (unpaired) electrons. The highest BCUT2D eigenvalue weighted by atomic mass is 15.1. The monoisotopic (exact) mass is 310 g/mol. The van der Waals surface area contributed by atoms with Crippen molar-refractivity contribution in [2.75, 3.05) is 19.4 Å². The molecule has 0 heterocycles. The van der Waals surface area contributed by atoms with E-state index in [0.717, 1.165) is 24.2 Å². The van der Waals surface area contributed by atoms with E-state index in [1.807, 2.05) is 12.1 Å². The fourth-order valence-electron chi connectivity index (χ4n) is 2.42. The molecule has 0 amide bonds. The van der Waals surface area contributed by atoms with E-state index in [2.05, 4.69) is 72.6 Å². The third kappa shape index (κ3) is 5.75. The first kappa shape index (κ1) is 17.0. The molecule has 0 aliphatic heterocycles. The van der Waals surface area contributed by atoms with Crippen LogP contribution in [0.15, 0.2) is 53.5 Å². The Bertz CT molecular complexity index is 662. The molecule has 2 aromatic carbocycles. The van der Waals surface area contributed by atoms with Crippen LogP contribution in [0.1, 0.15) is 23.6 Å². The summed E-state index contributed by atoms with van der Waals surface area (Å²) < 4.78 is 0. The minimum Gasteiger partial charge on any atom is -0.370 e. The first-order valence-electron chi connectivity index (χ1n) is 7.95. The zero-order valence-corrected chi connectivity index (χ0v) is 14.2. The normalized spacial score (nSPS) is 11.7. The fourth-order valence-corrected chi connectivity index (χ4v) is 2.42. The number of nitrogens with one attached hydrogen (secondary N) is 1. The summed E-state index contributed by atoms with van der Waals surface area (Å²) in [5, 5.41) is 3.15. The maximum atomic E-state index is 5.99. The Morgan fingerprint density at radius 2 is 1.74 bits per heavy atom. The Balaban J connectivity index is 1.98. The highest BCUT2D eigenvalue weighted by molar-refractivity contribution is 5.92. The second-order valence-electron chi connectivity index (χ2n) is 5.94. The van der Waals surface area contributed by atoms with Gasteiger partial charge < -0.3 is 16.0 Å². The topological polar surface area (TPSA) is 53.6 Å². The van der Waals surface area contributed by atoms with Crippen LogP contribution in [-0.2, 0) is 19.5 Å². The van der Waals surface area contributed by atoms with E-state index in [9.17, 15) is 0 Å². The van der Waals surface area contributed by atoms with Gasteiger partial charge in [-0.15, -0.1) is 0 Å². The number of nitrogens with zero attached hydrogens (tertiary/aromatic N) is 2. The average molecular weight is 310 g/mol. The lowest BCUT2D eigenvalue weighted by Crippen LogP contribution is -2.22. The summed E-state index contributed by atoms with van der Waals surface area (Å²) >= 11 is 0. The van der Waals surface area contributed by atoms with Crippen LogP contribution in [0.5, 0.6) is 0 Å². The van der Waals surface area contributed by atoms with E-state index in [0.29, 0.717) is 12.5 Å².